The zero-order valence-corrected chi connectivity index (χ0v) is 57.7. The van der Waals surface area contributed by atoms with Crippen LogP contribution < -0.4 is 0 Å². The minimum absolute atomic E-state index is 0.0255. The predicted molar refractivity (Wildman–Crippen MR) is 373 cm³/mol. The largest absolute Gasteiger partial charge is 0.394 e. The van der Waals surface area contributed by atoms with E-state index in [0.717, 1.165) is 38.9 Å². The van der Waals surface area contributed by atoms with Gasteiger partial charge < -0.3 is 80.9 Å². The van der Waals surface area contributed by atoms with E-state index in [1.807, 2.05) is 116 Å². The van der Waals surface area contributed by atoms with Gasteiger partial charge in [0.05, 0.1) is 216 Å². The highest BCUT2D eigenvalue weighted by Gasteiger charge is 2.38. The number of hydrogen-bond acceptors (Lipinski definition) is 20. The molecule has 536 valence electrons. The Labute approximate surface area is 580 Å². The summed E-state index contributed by atoms with van der Waals surface area (Å²) in [5.74, 6) is 0. The van der Waals surface area contributed by atoms with Gasteiger partial charge in [-0.2, -0.15) is 8.42 Å². The highest BCUT2D eigenvalue weighted by molar-refractivity contribution is 7.86. The maximum absolute atomic E-state index is 12.1. The quantitative estimate of drug-likeness (QED) is 0.0213. The number of ether oxygens (including phenoxy) is 16. The first-order valence-electron chi connectivity index (χ1n) is 33.7. The van der Waals surface area contributed by atoms with Crippen LogP contribution in [0.1, 0.15) is 38.9 Å². The lowest BCUT2D eigenvalue weighted by atomic mass is 9.80. The van der Waals surface area contributed by atoms with E-state index in [1.165, 1.54) is 12.1 Å². The Morgan fingerprint density at radius 1 is 0.245 bits per heavy atom. The molecule has 20 nitrogen and oxygen atoms in total. The lowest BCUT2D eigenvalue weighted by molar-refractivity contribution is -0.0397. The van der Waals surface area contributed by atoms with Gasteiger partial charge in [0.2, 0.25) is 0 Å². The average Bonchev–Trinajstić information content (AvgIpc) is 0.744. The molecule has 1 N–H and O–H groups in total. The summed E-state index contributed by atoms with van der Waals surface area (Å²) in [5.41, 5.74) is 5.85. The number of aliphatic hydroxyl groups excluding tert-OH is 1. The third-order valence-electron chi connectivity index (χ3n) is 14.6. The van der Waals surface area contributed by atoms with Gasteiger partial charge in [0, 0.05) is 0 Å². The summed E-state index contributed by atoms with van der Waals surface area (Å²) in [5, 5.41) is 8.60. The maximum atomic E-state index is 12.1. The average molecular weight is 1380 g/mol. The summed E-state index contributed by atoms with van der Waals surface area (Å²) < 4.78 is 120. The molecule has 0 saturated carbocycles. The number of hydrogen-bond donors (Lipinski definition) is 1. The molecule has 0 aromatic heterocycles. The van der Waals surface area contributed by atoms with Gasteiger partial charge in [0.1, 0.15) is 11.2 Å². The molecule has 0 heterocycles. The maximum Gasteiger partial charge on any atom is 0.297 e. The van der Waals surface area contributed by atoms with E-state index in [4.69, 9.17) is 85.1 Å². The van der Waals surface area contributed by atoms with Crippen LogP contribution >= 0.6 is 0 Å². The Morgan fingerprint density at radius 2 is 0.429 bits per heavy atom. The summed E-state index contributed by atoms with van der Waals surface area (Å²) in [4.78, 5) is 0.128. The molecule has 7 aromatic carbocycles. The zero-order valence-electron chi connectivity index (χ0n) is 56.9. The van der Waals surface area contributed by atoms with E-state index in [2.05, 4.69) is 72.8 Å². The van der Waals surface area contributed by atoms with Crippen LogP contribution in [0.3, 0.4) is 0 Å². The van der Waals surface area contributed by atoms with Gasteiger partial charge in [-0.15, -0.1) is 0 Å². The molecule has 0 unspecified atom stereocenters. The highest BCUT2D eigenvalue weighted by atomic mass is 32.2. The SMILES string of the molecule is Cc1ccc(S(=O)(=O)OCCOCCOCCOCCOCCOCCOCCOCCOC(c2ccccc2)(c2ccccc2)c2ccccc2)cc1.OCCOCCOCCOCCOCCOCCOCCOCCOC(c1ccccc1)(c1ccccc1)c1ccccc1. The van der Waals surface area contributed by atoms with Crippen molar-refractivity contribution in [3.05, 3.63) is 245 Å². The molecule has 0 spiro atoms. The van der Waals surface area contributed by atoms with Crippen molar-refractivity contribution in [2.75, 3.05) is 211 Å². The van der Waals surface area contributed by atoms with E-state index in [-0.39, 0.29) is 24.7 Å². The number of benzene rings is 7. The molecule has 0 fully saturated rings. The molecule has 0 amide bonds. The molecule has 98 heavy (non-hydrogen) atoms. The second-order valence-electron chi connectivity index (χ2n) is 21.6. The third-order valence-corrected chi connectivity index (χ3v) is 16.0. The van der Waals surface area contributed by atoms with Crippen molar-refractivity contribution in [3.8, 4) is 0 Å². The Balaban J connectivity index is 0.000000316. The summed E-state index contributed by atoms with van der Waals surface area (Å²) in [6, 6.07) is 68.3. The number of aliphatic hydroxyl groups is 1. The fourth-order valence-corrected chi connectivity index (χ4v) is 10.8. The van der Waals surface area contributed by atoms with Gasteiger partial charge in [-0.25, -0.2) is 0 Å². The van der Waals surface area contributed by atoms with Crippen molar-refractivity contribution in [1.82, 2.24) is 0 Å². The monoisotopic (exact) mass is 1380 g/mol. The summed E-state index contributed by atoms with van der Waals surface area (Å²) in [7, 11) is -3.78. The van der Waals surface area contributed by atoms with Crippen LogP contribution in [-0.2, 0) is 101 Å². The number of rotatable bonds is 57. The molecule has 7 aromatic rings. The van der Waals surface area contributed by atoms with Crippen LogP contribution in [0.15, 0.2) is 211 Å². The van der Waals surface area contributed by atoms with E-state index < -0.39 is 21.3 Å². The molecular formula is C77H102O20S. The van der Waals surface area contributed by atoms with Crippen molar-refractivity contribution >= 4 is 10.1 Å². The molecule has 7 rings (SSSR count). The van der Waals surface area contributed by atoms with Crippen molar-refractivity contribution < 1.29 is 93.5 Å². The fourth-order valence-electron chi connectivity index (χ4n) is 9.93. The van der Waals surface area contributed by atoms with Crippen LogP contribution in [0.5, 0.6) is 0 Å². The fraction of sp³-hybridized carbons (Fsp3) is 0.455. The lowest BCUT2D eigenvalue weighted by Gasteiger charge is -2.36. The van der Waals surface area contributed by atoms with E-state index in [9.17, 15) is 8.42 Å². The molecule has 0 aliphatic heterocycles. The minimum Gasteiger partial charge on any atom is -0.394 e. The van der Waals surface area contributed by atoms with Gasteiger partial charge in [-0.3, -0.25) is 4.18 Å². The second kappa shape index (κ2) is 51.9. The van der Waals surface area contributed by atoms with E-state index in [1.54, 1.807) is 12.1 Å². The predicted octanol–water partition coefficient (Wildman–Crippen LogP) is 9.93. The van der Waals surface area contributed by atoms with Crippen LogP contribution in [0.4, 0.5) is 0 Å². The number of aryl methyl sites for hydroxylation is 1. The van der Waals surface area contributed by atoms with Crippen LogP contribution in [0.25, 0.3) is 0 Å². The first-order valence-corrected chi connectivity index (χ1v) is 35.1. The Bertz CT molecular complexity index is 2900. The molecule has 0 aliphatic carbocycles. The van der Waals surface area contributed by atoms with Crippen LogP contribution in [0.2, 0.25) is 0 Å². The first kappa shape index (κ1) is 80.7. The Hall–Kier alpha value is -6.23. The summed E-state index contributed by atoms with van der Waals surface area (Å²) in [6.07, 6.45) is 0. The first-order chi connectivity index (χ1) is 48.4. The van der Waals surface area contributed by atoms with Crippen LogP contribution in [-0.4, -0.2) is 225 Å². The highest BCUT2D eigenvalue weighted by Crippen LogP contribution is 2.42. The van der Waals surface area contributed by atoms with Gasteiger partial charge in [0.15, 0.2) is 0 Å². The molecule has 21 heteroatoms. The molecular weight excluding hydrogens is 1280 g/mol. The summed E-state index contributed by atoms with van der Waals surface area (Å²) in [6.45, 7) is 15.2. The smallest absolute Gasteiger partial charge is 0.297 e. The van der Waals surface area contributed by atoms with Crippen LogP contribution in [0, 0.1) is 6.92 Å². The summed E-state index contributed by atoms with van der Waals surface area (Å²) >= 11 is 0. The zero-order chi connectivity index (χ0) is 68.8. The topological polar surface area (TPSA) is 211 Å². The van der Waals surface area contributed by atoms with Gasteiger partial charge in [-0.1, -0.05) is 200 Å². The van der Waals surface area contributed by atoms with Crippen molar-refractivity contribution in [1.29, 1.82) is 0 Å². The van der Waals surface area contributed by atoms with E-state index in [0.29, 0.717) is 192 Å². The molecule has 0 bridgehead atoms. The molecule has 0 radical (unpaired) electrons. The van der Waals surface area contributed by atoms with E-state index >= 15 is 0 Å². The normalized spacial score (nSPS) is 11.8. The Kier molecular flexibility index (Phi) is 42.7. The third kappa shape index (κ3) is 31.5. The second-order valence-corrected chi connectivity index (χ2v) is 23.3. The van der Waals surface area contributed by atoms with Crippen molar-refractivity contribution in [2.45, 2.75) is 23.0 Å². The Morgan fingerprint density at radius 3 is 0.633 bits per heavy atom. The van der Waals surface area contributed by atoms with Crippen molar-refractivity contribution in [2.24, 2.45) is 0 Å². The van der Waals surface area contributed by atoms with Gasteiger partial charge in [0.25, 0.3) is 10.1 Å². The lowest BCUT2D eigenvalue weighted by Crippen LogP contribution is -2.34. The van der Waals surface area contributed by atoms with Gasteiger partial charge in [-0.05, 0) is 52.4 Å². The standard InChI is InChI=1S/C42H54O11S.C35H48O9/c1-37-17-19-41(20-18-37)54(43,44)53-36-34-51-32-30-49-28-26-47-24-22-45-21-23-46-25-27-48-29-31-50-33-35-52-42(38-11-5-2-6-12-38,39-13-7-3-8-14-39)40-15-9-4-10-16-40;36-16-17-37-18-19-38-20-21-39-22-23-40-24-25-41-26-27-42-28-29-43-30-31-44-35(32-10-4-1-5-11-32,33-12-6-2-7-13-33)34-14-8-3-9-15-34/h2-20H,21-36H2,1H3;1-15,36H,16-31H2. The van der Waals surface area contributed by atoms with Gasteiger partial charge >= 0.3 is 0 Å². The molecule has 0 atom stereocenters. The molecule has 0 saturated heterocycles. The molecule has 0 aliphatic rings. The van der Waals surface area contributed by atoms with Crippen molar-refractivity contribution in [3.63, 3.8) is 0 Å². The minimum atomic E-state index is -3.78.